The average molecular weight is 283 g/mol. The highest BCUT2D eigenvalue weighted by molar-refractivity contribution is 9.10. The molecule has 0 fully saturated rings. The van der Waals surface area contributed by atoms with E-state index >= 15 is 0 Å². The van der Waals surface area contributed by atoms with Crippen molar-refractivity contribution in [2.45, 2.75) is 6.92 Å². The third-order valence-electron chi connectivity index (χ3n) is 2.20. The number of aromatic nitrogens is 2. The van der Waals surface area contributed by atoms with Crippen LogP contribution in [0.1, 0.15) is 5.69 Å². The maximum atomic E-state index is 12.7. The molecule has 0 aliphatic carbocycles. The van der Waals surface area contributed by atoms with Gasteiger partial charge < -0.3 is 0 Å². The average Bonchev–Trinajstić information content (AvgIpc) is 2.28. The van der Waals surface area contributed by atoms with Gasteiger partial charge in [0, 0.05) is 11.3 Å². The third-order valence-corrected chi connectivity index (χ3v) is 3.15. The molecule has 0 atom stereocenters. The smallest absolute Gasteiger partial charge is 0.222 e. The lowest BCUT2D eigenvalue weighted by molar-refractivity contribution is 0.628. The van der Waals surface area contributed by atoms with E-state index in [9.17, 15) is 9.18 Å². The van der Waals surface area contributed by atoms with Crippen molar-refractivity contribution in [1.29, 1.82) is 0 Å². The molecule has 0 spiro atoms. The predicted octanol–water partition coefficient (Wildman–Crippen LogP) is 2.65. The normalized spacial score (nSPS) is 10.4. The van der Waals surface area contributed by atoms with Crippen LogP contribution >= 0.6 is 15.9 Å². The van der Waals surface area contributed by atoms with E-state index in [-0.39, 0.29) is 16.9 Å². The molecule has 1 aromatic heterocycles. The van der Waals surface area contributed by atoms with Crippen LogP contribution in [-0.2, 0) is 0 Å². The zero-order valence-corrected chi connectivity index (χ0v) is 10.0. The molecule has 3 nitrogen and oxygen atoms in total. The lowest BCUT2D eigenvalue weighted by Gasteiger charge is -2.02. The Bertz CT molecular complexity index is 578. The Morgan fingerprint density at radius 2 is 1.94 bits per heavy atom. The summed E-state index contributed by atoms with van der Waals surface area (Å²) in [7, 11) is 0. The molecule has 0 saturated carbocycles. The van der Waals surface area contributed by atoms with Gasteiger partial charge in [0.15, 0.2) is 0 Å². The largest absolute Gasteiger partial charge is 0.286 e. The first-order chi connectivity index (χ1) is 7.59. The number of nitrogens with zero attached hydrogens (tertiary/aromatic N) is 1. The second-order valence-corrected chi connectivity index (χ2v) is 4.14. The molecule has 0 aliphatic rings. The number of halogens is 2. The van der Waals surface area contributed by atoms with Gasteiger partial charge >= 0.3 is 0 Å². The van der Waals surface area contributed by atoms with E-state index in [1.165, 1.54) is 24.3 Å². The van der Waals surface area contributed by atoms with Crippen molar-refractivity contribution < 1.29 is 4.39 Å². The van der Waals surface area contributed by atoms with Crippen molar-refractivity contribution in [3.63, 3.8) is 0 Å². The highest BCUT2D eigenvalue weighted by atomic mass is 79.9. The lowest BCUT2D eigenvalue weighted by atomic mass is 10.1. The minimum absolute atomic E-state index is 0.206. The number of rotatable bonds is 1. The van der Waals surface area contributed by atoms with Crippen LogP contribution in [0.15, 0.2) is 33.5 Å². The number of H-pyrrole nitrogens is 1. The summed E-state index contributed by atoms with van der Waals surface area (Å²) in [6.45, 7) is 1.74. The molecule has 1 N–H and O–H groups in total. The molecule has 0 amide bonds. The van der Waals surface area contributed by atoms with E-state index in [4.69, 9.17) is 0 Å². The number of aromatic amines is 1. The van der Waals surface area contributed by atoms with Gasteiger partial charge in [-0.3, -0.25) is 9.89 Å². The van der Waals surface area contributed by atoms with Crippen LogP contribution in [0.25, 0.3) is 11.3 Å². The summed E-state index contributed by atoms with van der Waals surface area (Å²) in [5.74, 6) is -0.341. The molecule has 0 saturated heterocycles. The Balaban J connectivity index is 2.61. The molecule has 0 aliphatic heterocycles. The molecule has 1 heterocycles. The van der Waals surface area contributed by atoms with Crippen molar-refractivity contribution in [2.75, 3.05) is 0 Å². The van der Waals surface area contributed by atoms with Crippen LogP contribution in [0.4, 0.5) is 4.39 Å². The molecule has 16 heavy (non-hydrogen) atoms. The SMILES string of the molecule is Cc1[nH]nc(-c2ccc(F)cc2)c(=O)c1Br. The van der Waals surface area contributed by atoms with Crippen molar-refractivity contribution in [3.8, 4) is 11.3 Å². The van der Waals surface area contributed by atoms with Crippen molar-refractivity contribution in [3.05, 3.63) is 50.5 Å². The first-order valence-electron chi connectivity index (χ1n) is 4.60. The van der Waals surface area contributed by atoms with Gasteiger partial charge in [0.1, 0.15) is 11.5 Å². The van der Waals surface area contributed by atoms with Crippen LogP contribution in [0, 0.1) is 12.7 Å². The van der Waals surface area contributed by atoms with Gasteiger partial charge in [-0.05, 0) is 47.1 Å². The van der Waals surface area contributed by atoms with Gasteiger partial charge in [-0.1, -0.05) is 0 Å². The molecular formula is C11H8BrFN2O. The fraction of sp³-hybridized carbons (Fsp3) is 0.0909. The van der Waals surface area contributed by atoms with Gasteiger partial charge in [0.05, 0.1) is 4.47 Å². The molecule has 5 heteroatoms. The highest BCUT2D eigenvalue weighted by Gasteiger charge is 2.10. The number of benzene rings is 1. The topological polar surface area (TPSA) is 45.8 Å². The summed E-state index contributed by atoms with van der Waals surface area (Å²) in [5, 5.41) is 6.68. The Kier molecular flexibility index (Phi) is 2.87. The molecule has 82 valence electrons. The maximum absolute atomic E-state index is 12.7. The monoisotopic (exact) mass is 282 g/mol. The minimum atomic E-state index is -0.341. The molecular weight excluding hydrogens is 275 g/mol. The number of aryl methyl sites for hydroxylation is 1. The first-order valence-corrected chi connectivity index (χ1v) is 5.39. The summed E-state index contributed by atoms with van der Waals surface area (Å²) >= 11 is 3.18. The molecule has 2 aromatic rings. The zero-order chi connectivity index (χ0) is 11.7. The van der Waals surface area contributed by atoms with Crippen LogP contribution in [-0.4, -0.2) is 10.2 Å². The van der Waals surface area contributed by atoms with Crippen molar-refractivity contribution in [1.82, 2.24) is 10.2 Å². The number of hydrogen-bond donors (Lipinski definition) is 1. The molecule has 0 radical (unpaired) electrons. The van der Waals surface area contributed by atoms with E-state index in [1.54, 1.807) is 6.92 Å². The van der Waals surface area contributed by atoms with E-state index in [2.05, 4.69) is 26.1 Å². The summed E-state index contributed by atoms with van der Waals surface area (Å²) in [6.07, 6.45) is 0. The zero-order valence-electron chi connectivity index (χ0n) is 8.42. The fourth-order valence-corrected chi connectivity index (χ4v) is 1.59. The summed E-state index contributed by atoms with van der Waals surface area (Å²) in [5.41, 5.74) is 1.32. The fourth-order valence-electron chi connectivity index (χ4n) is 1.32. The van der Waals surface area contributed by atoms with E-state index < -0.39 is 0 Å². The van der Waals surface area contributed by atoms with Crippen LogP contribution in [0.2, 0.25) is 0 Å². The predicted molar refractivity (Wildman–Crippen MR) is 62.7 cm³/mol. The first kappa shape index (κ1) is 11.0. The quantitative estimate of drug-likeness (QED) is 0.874. The van der Waals surface area contributed by atoms with E-state index in [1.807, 2.05) is 0 Å². The van der Waals surface area contributed by atoms with E-state index in [0.717, 1.165) is 0 Å². The van der Waals surface area contributed by atoms with Gasteiger partial charge in [-0.2, -0.15) is 5.10 Å². The summed E-state index contributed by atoms with van der Waals surface area (Å²) in [4.78, 5) is 11.9. The van der Waals surface area contributed by atoms with Gasteiger partial charge in [-0.25, -0.2) is 4.39 Å². The van der Waals surface area contributed by atoms with Crippen molar-refractivity contribution in [2.24, 2.45) is 0 Å². The maximum Gasteiger partial charge on any atom is 0.222 e. The Morgan fingerprint density at radius 1 is 1.31 bits per heavy atom. The number of hydrogen-bond acceptors (Lipinski definition) is 2. The van der Waals surface area contributed by atoms with Gasteiger partial charge in [0.2, 0.25) is 5.43 Å². The molecule has 0 unspecified atom stereocenters. The Morgan fingerprint density at radius 3 is 2.56 bits per heavy atom. The minimum Gasteiger partial charge on any atom is -0.286 e. The van der Waals surface area contributed by atoms with Crippen LogP contribution < -0.4 is 5.43 Å². The van der Waals surface area contributed by atoms with Crippen LogP contribution in [0.3, 0.4) is 0 Å². The summed E-state index contributed by atoms with van der Waals surface area (Å²) in [6, 6.07) is 5.64. The van der Waals surface area contributed by atoms with Gasteiger partial charge in [-0.15, -0.1) is 0 Å². The molecule has 0 bridgehead atoms. The Hall–Kier alpha value is -1.49. The molecule has 2 rings (SSSR count). The highest BCUT2D eigenvalue weighted by Crippen LogP contribution is 2.16. The van der Waals surface area contributed by atoms with Gasteiger partial charge in [0.25, 0.3) is 0 Å². The second-order valence-electron chi connectivity index (χ2n) is 3.35. The lowest BCUT2D eigenvalue weighted by Crippen LogP contribution is -2.11. The van der Waals surface area contributed by atoms with Crippen molar-refractivity contribution >= 4 is 15.9 Å². The summed E-state index contributed by atoms with van der Waals surface area (Å²) < 4.78 is 13.2. The van der Waals surface area contributed by atoms with E-state index in [0.29, 0.717) is 15.7 Å². The van der Waals surface area contributed by atoms with Crippen LogP contribution in [0.5, 0.6) is 0 Å². The standard InChI is InChI=1S/C11H8BrFN2O/c1-6-9(12)11(16)10(15-14-6)7-2-4-8(13)5-3-7/h2-5H,1H3,(H,14,16). The Labute approximate surface area is 99.5 Å². The molecule has 1 aromatic carbocycles. The second kappa shape index (κ2) is 4.17. The third kappa shape index (κ3) is 1.90. The number of nitrogens with one attached hydrogen (secondary N) is 1.